The molecule has 0 saturated heterocycles. The van der Waals surface area contributed by atoms with Crippen LogP contribution in [-0.4, -0.2) is 19.5 Å². The monoisotopic (exact) mass is 836 g/mol. The van der Waals surface area contributed by atoms with Crippen molar-refractivity contribution in [2.75, 3.05) is 0 Å². The predicted octanol–water partition coefficient (Wildman–Crippen LogP) is 16.0. The molecule has 10 aromatic carbocycles. The van der Waals surface area contributed by atoms with Crippen molar-refractivity contribution in [2.24, 2.45) is 0 Å². The minimum atomic E-state index is -0.228. The van der Waals surface area contributed by atoms with Crippen molar-refractivity contribution in [1.82, 2.24) is 19.5 Å². The normalized spacial score (nSPS) is 12.6. The van der Waals surface area contributed by atoms with E-state index in [2.05, 4.69) is 114 Å². The van der Waals surface area contributed by atoms with Crippen molar-refractivity contribution in [2.45, 2.75) is 0 Å². The SMILES string of the molecule is [2H]c1c([2H])c(-c2cc3ccccc3c3ccccc23)c([2H])c([2H])c1-c1nc(-c2ccccc2)nc(-c2cc(-n3c4ccccc4c4ccccc43)cc3c2sc2cc(-c4ccccc4)ccc23)n1. The van der Waals surface area contributed by atoms with Gasteiger partial charge in [-0.1, -0.05) is 182 Å². The van der Waals surface area contributed by atoms with E-state index >= 15 is 0 Å². The number of hydrogen-bond donors (Lipinski definition) is 0. The van der Waals surface area contributed by atoms with Crippen LogP contribution in [-0.2, 0) is 0 Å². The fraction of sp³-hybridized carbons (Fsp3) is 0. The number of nitrogens with zero attached hydrogens (tertiary/aromatic N) is 4. The van der Waals surface area contributed by atoms with Crippen LogP contribution < -0.4 is 0 Å². The van der Waals surface area contributed by atoms with Crippen molar-refractivity contribution >= 4 is 74.9 Å². The van der Waals surface area contributed by atoms with Crippen LogP contribution in [0.2, 0.25) is 0 Å². The van der Waals surface area contributed by atoms with E-state index in [1.54, 1.807) is 11.3 Å². The summed E-state index contributed by atoms with van der Waals surface area (Å²) < 4.78 is 42.9. The van der Waals surface area contributed by atoms with Crippen molar-refractivity contribution < 1.29 is 5.48 Å². The lowest BCUT2D eigenvalue weighted by Crippen LogP contribution is -2.01. The van der Waals surface area contributed by atoms with Gasteiger partial charge in [-0.15, -0.1) is 11.3 Å². The van der Waals surface area contributed by atoms with Crippen LogP contribution in [0.4, 0.5) is 0 Å². The summed E-state index contributed by atoms with van der Waals surface area (Å²) in [5, 5.41) is 8.25. The molecule has 0 fully saturated rings. The van der Waals surface area contributed by atoms with E-state index in [-0.39, 0.29) is 41.1 Å². The van der Waals surface area contributed by atoms with Crippen LogP contribution >= 0.6 is 11.3 Å². The lowest BCUT2D eigenvalue weighted by Gasteiger charge is -2.14. The number of para-hydroxylation sites is 2. The van der Waals surface area contributed by atoms with Crippen LogP contribution in [0.5, 0.6) is 0 Å². The van der Waals surface area contributed by atoms with Crippen LogP contribution in [0.25, 0.3) is 126 Å². The number of aromatic nitrogens is 4. The fourth-order valence-electron chi connectivity index (χ4n) is 9.31. The zero-order valence-corrected chi connectivity index (χ0v) is 35.0. The first-order valence-corrected chi connectivity index (χ1v) is 22.1. The standard InChI is InChI=1S/C59H36N4S/c1-3-15-37(16-4-1)41-31-32-49-51-35-43(63-53-25-13-11-23-47(53)48-24-12-14-26-54(48)63)36-52(56(51)64-55(49)34-41)59-61-57(39-17-5-2-6-18-39)60-58(62-59)40-29-27-38(28-30-40)50-33-42-19-7-8-20-44(42)45-21-9-10-22-46(45)50/h1-36H/i27D,28D,29D,30D. The van der Waals surface area contributed by atoms with E-state index in [4.69, 9.17) is 15.0 Å². The van der Waals surface area contributed by atoms with Gasteiger partial charge in [0.05, 0.1) is 16.5 Å². The number of benzene rings is 10. The first kappa shape index (κ1) is 32.5. The molecule has 0 spiro atoms. The van der Waals surface area contributed by atoms with Gasteiger partial charge in [-0.3, -0.25) is 0 Å². The van der Waals surface area contributed by atoms with Crippen LogP contribution in [0.1, 0.15) is 5.48 Å². The van der Waals surface area contributed by atoms with E-state index < -0.39 is 0 Å². The Hall–Kier alpha value is -8.25. The third-order valence-electron chi connectivity index (χ3n) is 12.3. The third kappa shape index (κ3) is 5.93. The Balaban J connectivity index is 1.09. The molecule has 5 heteroatoms. The molecule has 64 heavy (non-hydrogen) atoms. The molecule has 4 nitrogen and oxygen atoms in total. The summed E-state index contributed by atoms with van der Waals surface area (Å²) in [5.41, 5.74) is 7.66. The molecule has 298 valence electrons. The topological polar surface area (TPSA) is 43.6 Å². The quantitative estimate of drug-likeness (QED) is 0.157. The lowest BCUT2D eigenvalue weighted by atomic mass is 9.93. The van der Waals surface area contributed by atoms with Gasteiger partial charge in [-0.05, 0) is 80.2 Å². The van der Waals surface area contributed by atoms with E-state index in [1.807, 2.05) is 84.9 Å². The highest BCUT2D eigenvalue weighted by Crippen LogP contribution is 2.44. The molecular formula is C59H36N4S. The molecule has 0 aliphatic heterocycles. The van der Waals surface area contributed by atoms with Gasteiger partial charge in [0.1, 0.15) is 0 Å². The summed E-state index contributed by atoms with van der Waals surface area (Å²) in [6, 6.07) is 65.1. The number of thiophene rings is 1. The molecule has 0 atom stereocenters. The number of rotatable bonds is 6. The van der Waals surface area contributed by atoms with Gasteiger partial charge < -0.3 is 4.57 Å². The average Bonchev–Trinajstić information content (AvgIpc) is 3.94. The summed E-state index contributed by atoms with van der Waals surface area (Å²) >= 11 is 1.68. The summed E-state index contributed by atoms with van der Waals surface area (Å²) in [6.45, 7) is 0. The molecule has 3 heterocycles. The van der Waals surface area contributed by atoms with E-state index in [0.717, 1.165) is 91.5 Å². The molecule has 0 N–H and O–H groups in total. The molecule has 0 unspecified atom stereocenters. The second-order valence-corrected chi connectivity index (χ2v) is 17.1. The van der Waals surface area contributed by atoms with Crippen molar-refractivity contribution in [1.29, 1.82) is 0 Å². The maximum atomic E-state index is 9.67. The Bertz CT molecular complexity index is 4120. The van der Waals surface area contributed by atoms with Crippen LogP contribution in [0, 0.1) is 0 Å². The third-order valence-corrected chi connectivity index (χ3v) is 13.5. The van der Waals surface area contributed by atoms with Crippen LogP contribution in [0.15, 0.2) is 218 Å². The predicted molar refractivity (Wildman–Crippen MR) is 269 cm³/mol. The highest BCUT2D eigenvalue weighted by atomic mass is 32.1. The lowest BCUT2D eigenvalue weighted by molar-refractivity contribution is 1.07. The summed E-state index contributed by atoms with van der Waals surface area (Å²) in [4.78, 5) is 15.4. The number of fused-ring (bicyclic) bond motifs is 9. The van der Waals surface area contributed by atoms with E-state index in [0.29, 0.717) is 17.2 Å². The summed E-state index contributed by atoms with van der Waals surface area (Å²) in [6.07, 6.45) is 0. The van der Waals surface area contributed by atoms with Gasteiger partial charge in [0.15, 0.2) is 17.5 Å². The largest absolute Gasteiger partial charge is 0.309 e. The Morgan fingerprint density at radius 1 is 0.359 bits per heavy atom. The van der Waals surface area contributed by atoms with Gasteiger partial charge in [-0.2, -0.15) is 0 Å². The van der Waals surface area contributed by atoms with Crippen molar-refractivity contribution in [3.05, 3.63) is 218 Å². The molecule has 0 aliphatic carbocycles. The second kappa shape index (κ2) is 14.7. The smallest absolute Gasteiger partial charge is 0.165 e. The van der Waals surface area contributed by atoms with E-state index in [9.17, 15) is 5.48 Å². The number of hydrogen-bond acceptors (Lipinski definition) is 4. The maximum Gasteiger partial charge on any atom is 0.165 e. The fourth-order valence-corrected chi connectivity index (χ4v) is 10.5. The Kier molecular flexibility index (Phi) is 7.45. The van der Waals surface area contributed by atoms with Gasteiger partial charge in [0, 0.05) is 53.3 Å². The highest BCUT2D eigenvalue weighted by Gasteiger charge is 2.21. The first-order valence-electron chi connectivity index (χ1n) is 23.3. The molecule has 0 bridgehead atoms. The first-order chi connectivity index (χ1) is 33.4. The zero-order chi connectivity index (χ0) is 45.6. The van der Waals surface area contributed by atoms with Gasteiger partial charge in [0.2, 0.25) is 0 Å². The zero-order valence-electron chi connectivity index (χ0n) is 38.2. The maximum absolute atomic E-state index is 9.67. The van der Waals surface area contributed by atoms with Crippen molar-refractivity contribution in [3.8, 4) is 62.1 Å². The highest BCUT2D eigenvalue weighted by molar-refractivity contribution is 7.26. The second-order valence-electron chi connectivity index (χ2n) is 16.0. The molecule has 0 aliphatic rings. The molecule has 0 saturated carbocycles. The van der Waals surface area contributed by atoms with E-state index in [1.165, 1.54) is 0 Å². The Morgan fingerprint density at radius 3 is 1.64 bits per heavy atom. The summed E-state index contributed by atoms with van der Waals surface area (Å²) in [7, 11) is 0. The molecule has 3 aromatic heterocycles. The van der Waals surface area contributed by atoms with Gasteiger partial charge in [-0.25, -0.2) is 15.0 Å². The molecule has 0 radical (unpaired) electrons. The van der Waals surface area contributed by atoms with Crippen LogP contribution in [0.3, 0.4) is 0 Å². The van der Waals surface area contributed by atoms with Gasteiger partial charge in [0.25, 0.3) is 0 Å². The molecular weight excluding hydrogens is 797 g/mol. The molecule has 13 aromatic rings. The van der Waals surface area contributed by atoms with Gasteiger partial charge >= 0.3 is 0 Å². The Labute approximate surface area is 378 Å². The minimum absolute atomic E-state index is 0.00770. The molecule has 0 amide bonds. The minimum Gasteiger partial charge on any atom is -0.309 e. The molecule has 13 rings (SSSR count). The summed E-state index contributed by atoms with van der Waals surface area (Å²) in [5.74, 6) is 0.774. The Morgan fingerprint density at radius 2 is 0.922 bits per heavy atom. The van der Waals surface area contributed by atoms with Crippen molar-refractivity contribution in [3.63, 3.8) is 0 Å². The average molecular weight is 837 g/mol.